The molecule has 108 valence electrons. The summed E-state index contributed by atoms with van der Waals surface area (Å²) in [5, 5.41) is 13.0. The summed E-state index contributed by atoms with van der Waals surface area (Å²) in [6, 6.07) is 8.10. The summed E-state index contributed by atoms with van der Waals surface area (Å²) in [6.45, 7) is 5.75. The first kappa shape index (κ1) is 15.8. The number of hydrogen-bond acceptors (Lipinski definition) is 4. The van der Waals surface area contributed by atoms with Gasteiger partial charge in [-0.25, -0.2) is 0 Å². The Morgan fingerprint density at radius 1 is 1.26 bits per heavy atom. The lowest BCUT2D eigenvalue weighted by Gasteiger charge is -2.16. The predicted octanol–water partition coefficient (Wildman–Crippen LogP) is 2.20. The van der Waals surface area contributed by atoms with Crippen molar-refractivity contribution in [1.82, 2.24) is 0 Å². The van der Waals surface area contributed by atoms with Crippen LogP contribution in [0.5, 0.6) is 0 Å². The zero-order chi connectivity index (χ0) is 14.3. The topological polar surface area (TPSA) is 44.7 Å². The highest BCUT2D eigenvalue weighted by Crippen LogP contribution is 2.17. The lowest BCUT2D eigenvalue weighted by Crippen LogP contribution is -2.25. The second-order valence-electron chi connectivity index (χ2n) is 5.41. The first-order chi connectivity index (χ1) is 8.99. The van der Waals surface area contributed by atoms with Crippen molar-refractivity contribution in [3.05, 3.63) is 24.3 Å². The maximum atomic E-state index is 9.80. The number of hydrogen-bond donors (Lipinski definition) is 2. The molecule has 1 atom stereocenters. The summed E-state index contributed by atoms with van der Waals surface area (Å²) < 4.78 is 5.41. The summed E-state index contributed by atoms with van der Waals surface area (Å²) in [6.07, 6.45) is -0.484. The van der Waals surface area contributed by atoms with Crippen LogP contribution in [0.15, 0.2) is 24.3 Å². The summed E-state index contributed by atoms with van der Waals surface area (Å²) in [7, 11) is 4.02. The molecule has 0 aliphatic carbocycles. The Hall–Kier alpha value is -1.26. The molecule has 0 heterocycles. The molecular formula is C15H26N2O2. The van der Waals surface area contributed by atoms with E-state index in [2.05, 4.69) is 25.2 Å². The van der Waals surface area contributed by atoms with Gasteiger partial charge in [0.1, 0.15) is 0 Å². The molecule has 0 spiro atoms. The average Bonchev–Trinajstić information content (AvgIpc) is 2.36. The third-order valence-corrected chi connectivity index (χ3v) is 2.67. The molecule has 1 unspecified atom stereocenters. The number of ether oxygens (including phenoxy) is 1. The van der Waals surface area contributed by atoms with Gasteiger partial charge < -0.3 is 20.1 Å². The molecule has 0 bridgehead atoms. The largest absolute Gasteiger partial charge is 0.389 e. The SMILES string of the molecule is CC(C)COCC(O)CNc1cccc(N(C)C)c1. The molecule has 0 aromatic heterocycles. The molecule has 19 heavy (non-hydrogen) atoms. The van der Waals surface area contributed by atoms with Gasteiger partial charge in [-0.3, -0.25) is 0 Å². The van der Waals surface area contributed by atoms with Gasteiger partial charge in [0.05, 0.1) is 12.7 Å². The molecule has 4 heteroatoms. The van der Waals surface area contributed by atoms with E-state index in [4.69, 9.17) is 4.74 Å². The van der Waals surface area contributed by atoms with Gasteiger partial charge in [-0.15, -0.1) is 0 Å². The normalized spacial score (nSPS) is 12.5. The Bertz CT molecular complexity index is 367. The van der Waals surface area contributed by atoms with Crippen molar-refractivity contribution in [2.24, 2.45) is 5.92 Å². The molecule has 1 aromatic carbocycles. The number of rotatable bonds is 8. The molecule has 0 radical (unpaired) electrons. The van der Waals surface area contributed by atoms with Crippen LogP contribution >= 0.6 is 0 Å². The second-order valence-corrected chi connectivity index (χ2v) is 5.41. The van der Waals surface area contributed by atoms with Crippen LogP contribution < -0.4 is 10.2 Å². The Balaban J connectivity index is 2.33. The van der Waals surface area contributed by atoms with Gasteiger partial charge in [-0.05, 0) is 24.1 Å². The first-order valence-electron chi connectivity index (χ1n) is 6.76. The van der Waals surface area contributed by atoms with E-state index in [0.717, 1.165) is 11.4 Å². The predicted molar refractivity (Wildman–Crippen MR) is 80.9 cm³/mol. The molecule has 2 N–H and O–H groups in total. The lowest BCUT2D eigenvalue weighted by atomic mass is 10.2. The summed E-state index contributed by atoms with van der Waals surface area (Å²) >= 11 is 0. The van der Waals surface area contributed by atoms with E-state index in [1.807, 2.05) is 37.2 Å². The number of aliphatic hydroxyl groups is 1. The molecular weight excluding hydrogens is 240 g/mol. The van der Waals surface area contributed by atoms with Gasteiger partial charge in [0, 0.05) is 38.6 Å². The number of anilines is 2. The molecule has 4 nitrogen and oxygen atoms in total. The fraction of sp³-hybridized carbons (Fsp3) is 0.600. The molecule has 1 rings (SSSR count). The van der Waals surface area contributed by atoms with Crippen LogP contribution in [0, 0.1) is 5.92 Å². The first-order valence-corrected chi connectivity index (χ1v) is 6.76. The molecule has 1 aromatic rings. The van der Waals surface area contributed by atoms with E-state index in [-0.39, 0.29) is 0 Å². The summed E-state index contributed by atoms with van der Waals surface area (Å²) in [4.78, 5) is 2.05. The number of aliphatic hydroxyl groups excluding tert-OH is 1. The van der Waals surface area contributed by atoms with E-state index in [0.29, 0.717) is 25.7 Å². The minimum Gasteiger partial charge on any atom is -0.389 e. The van der Waals surface area contributed by atoms with Crippen LogP contribution in [-0.4, -0.2) is 45.1 Å². The van der Waals surface area contributed by atoms with E-state index >= 15 is 0 Å². The Morgan fingerprint density at radius 3 is 2.63 bits per heavy atom. The Labute approximate surface area is 116 Å². The van der Waals surface area contributed by atoms with Gasteiger partial charge in [0.25, 0.3) is 0 Å². The number of nitrogens with one attached hydrogen (secondary N) is 1. The summed E-state index contributed by atoms with van der Waals surface area (Å²) in [5.41, 5.74) is 2.14. The van der Waals surface area contributed by atoms with Crippen LogP contribution in [0.2, 0.25) is 0 Å². The maximum absolute atomic E-state index is 9.80. The van der Waals surface area contributed by atoms with Crippen molar-refractivity contribution < 1.29 is 9.84 Å². The van der Waals surface area contributed by atoms with Gasteiger partial charge in [-0.1, -0.05) is 19.9 Å². The van der Waals surface area contributed by atoms with Crippen LogP contribution in [0.25, 0.3) is 0 Å². The van der Waals surface area contributed by atoms with Gasteiger partial charge in [-0.2, -0.15) is 0 Å². The molecule has 0 saturated carbocycles. The van der Waals surface area contributed by atoms with Crippen molar-refractivity contribution in [2.45, 2.75) is 20.0 Å². The fourth-order valence-electron chi connectivity index (χ4n) is 1.63. The van der Waals surface area contributed by atoms with Crippen LogP contribution in [0.1, 0.15) is 13.8 Å². The minimum atomic E-state index is -0.484. The van der Waals surface area contributed by atoms with Gasteiger partial charge in [0.2, 0.25) is 0 Å². The molecule has 0 fully saturated rings. The highest BCUT2D eigenvalue weighted by Gasteiger charge is 2.05. The quantitative estimate of drug-likeness (QED) is 0.757. The van der Waals surface area contributed by atoms with E-state index in [1.165, 1.54) is 0 Å². The smallest absolute Gasteiger partial charge is 0.0945 e. The van der Waals surface area contributed by atoms with Crippen molar-refractivity contribution in [3.63, 3.8) is 0 Å². The zero-order valence-electron chi connectivity index (χ0n) is 12.4. The van der Waals surface area contributed by atoms with Gasteiger partial charge >= 0.3 is 0 Å². The minimum absolute atomic E-state index is 0.374. The maximum Gasteiger partial charge on any atom is 0.0945 e. The van der Waals surface area contributed by atoms with Crippen LogP contribution in [0.3, 0.4) is 0 Å². The molecule has 0 aliphatic rings. The average molecular weight is 266 g/mol. The highest BCUT2D eigenvalue weighted by atomic mass is 16.5. The van der Waals surface area contributed by atoms with E-state index < -0.39 is 6.10 Å². The standard InChI is InChI=1S/C15H26N2O2/c1-12(2)10-19-11-15(18)9-16-13-6-5-7-14(8-13)17(3)4/h5-8,12,15-16,18H,9-11H2,1-4H3. The second kappa shape index (κ2) is 8.02. The summed E-state index contributed by atoms with van der Waals surface area (Å²) in [5.74, 6) is 0.497. The third-order valence-electron chi connectivity index (χ3n) is 2.67. The van der Waals surface area contributed by atoms with Crippen LogP contribution in [-0.2, 0) is 4.74 Å². The molecule has 0 saturated heterocycles. The Morgan fingerprint density at radius 2 is 2.00 bits per heavy atom. The fourth-order valence-corrected chi connectivity index (χ4v) is 1.63. The van der Waals surface area contributed by atoms with Gasteiger partial charge in [0.15, 0.2) is 0 Å². The zero-order valence-corrected chi connectivity index (χ0v) is 12.4. The van der Waals surface area contributed by atoms with Crippen molar-refractivity contribution >= 4 is 11.4 Å². The highest BCUT2D eigenvalue weighted by molar-refractivity contribution is 5.57. The van der Waals surface area contributed by atoms with E-state index in [9.17, 15) is 5.11 Å². The number of benzene rings is 1. The molecule has 0 amide bonds. The van der Waals surface area contributed by atoms with Crippen molar-refractivity contribution in [2.75, 3.05) is 44.1 Å². The van der Waals surface area contributed by atoms with E-state index in [1.54, 1.807) is 0 Å². The number of nitrogens with zero attached hydrogens (tertiary/aromatic N) is 1. The monoisotopic (exact) mass is 266 g/mol. The lowest BCUT2D eigenvalue weighted by molar-refractivity contribution is 0.0318. The third kappa shape index (κ3) is 6.45. The van der Waals surface area contributed by atoms with Crippen LogP contribution in [0.4, 0.5) is 11.4 Å². The van der Waals surface area contributed by atoms with Crippen molar-refractivity contribution in [3.8, 4) is 0 Å². The Kier molecular flexibility index (Phi) is 6.67. The molecule has 0 aliphatic heterocycles. The van der Waals surface area contributed by atoms with Crippen molar-refractivity contribution in [1.29, 1.82) is 0 Å².